The van der Waals surface area contributed by atoms with Gasteiger partial charge in [0.2, 0.25) is 5.91 Å². The molecule has 2 aromatic heterocycles. The summed E-state index contributed by atoms with van der Waals surface area (Å²) in [5, 5.41) is 13.8. The fourth-order valence-electron chi connectivity index (χ4n) is 1.77. The average molecular weight is 296 g/mol. The Hall–Kier alpha value is -1.47. The van der Waals surface area contributed by atoms with Gasteiger partial charge in [-0.05, 0) is 48.0 Å². The standard InChI is InChI=1S/C12H16N4OS2/c1-2-16-10(14-15-12(16)18)7-13-11(17)4-3-9-5-6-19-8-9/h5-6,8H,2-4,7H2,1H3,(H,13,17)(H,15,18). The van der Waals surface area contributed by atoms with Crippen LogP contribution in [0.2, 0.25) is 0 Å². The lowest BCUT2D eigenvalue weighted by Crippen LogP contribution is -2.24. The minimum atomic E-state index is 0.0303. The van der Waals surface area contributed by atoms with Crippen molar-refractivity contribution >= 4 is 29.5 Å². The molecule has 0 saturated heterocycles. The first kappa shape index (κ1) is 14.0. The summed E-state index contributed by atoms with van der Waals surface area (Å²) in [6.07, 6.45) is 1.27. The summed E-state index contributed by atoms with van der Waals surface area (Å²) < 4.78 is 2.46. The van der Waals surface area contributed by atoms with E-state index in [1.165, 1.54) is 5.56 Å². The Labute approximate surface area is 120 Å². The molecule has 2 aromatic rings. The van der Waals surface area contributed by atoms with Crippen LogP contribution in [0.15, 0.2) is 16.8 Å². The number of aromatic amines is 1. The van der Waals surface area contributed by atoms with E-state index in [2.05, 4.69) is 20.9 Å². The first-order valence-corrected chi connectivity index (χ1v) is 7.47. The van der Waals surface area contributed by atoms with Crippen LogP contribution in [0.1, 0.15) is 24.7 Å². The Kier molecular flexibility index (Phi) is 4.86. The fraction of sp³-hybridized carbons (Fsp3) is 0.417. The minimum absolute atomic E-state index is 0.0303. The van der Waals surface area contributed by atoms with Crippen LogP contribution >= 0.6 is 23.6 Å². The lowest BCUT2D eigenvalue weighted by Gasteiger charge is -2.05. The third-order valence-corrected chi connectivity index (χ3v) is 3.86. The van der Waals surface area contributed by atoms with E-state index in [-0.39, 0.29) is 5.91 Å². The van der Waals surface area contributed by atoms with Crippen molar-refractivity contribution in [3.8, 4) is 0 Å². The van der Waals surface area contributed by atoms with Crippen LogP contribution in [0.25, 0.3) is 0 Å². The summed E-state index contributed by atoms with van der Waals surface area (Å²) >= 11 is 6.74. The van der Waals surface area contributed by atoms with E-state index in [0.29, 0.717) is 17.7 Å². The number of aryl methyl sites for hydroxylation is 1. The van der Waals surface area contributed by atoms with Gasteiger partial charge in [0.1, 0.15) is 0 Å². The van der Waals surface area contributed by atoms with Crippen LogP contribution in [0.4, 0.5) is 0 Å². The van der Waals surface area contributed by atoms with Crippen molar-refractivity contribution in [3.63, 3.8) is 0 Å². The van der Waals surface area contributed by atoms with E-state index >= 15 is 0 Å². The lowest BCUT2D eigenvalue weighted by atomic mass is 10.2. The monoisotopic (exact) mass is 296 g/mol. The first-order chi connectivity index (χ1) is 9.20. The summed E-state index contributed by atoms with van der Waals surface area (Å²) in [4.78, 5) is 11.7. The molecular weight excluding hydrogens is 280 g/mol. The van der Waals surface area contributed by atoms with Crippen molar-refractivity contribution in [2.75, 3.05) is 0 Å². The van der Waals surface area contributed by atoms with E-state index in [0.717, 1.165) is 18.8 Å². The second kappa shape index (κ2) is 6.63. The molecule has 0 radical (unpaired) electrons. The van der Waals surface area contributed by atoms with Gasteiger partial charge in [-0.2, -0.15) is 16.4 Å². The number of carbonyl (C=O) groups is 1. The molecule has 5 nitrogen and oxygen atoms in total. The van der Waals surface area contributed by atoms with Gasteiger partial charge in [-0.25, -0.2) is 0 Å². The van der Waals surface area contributed by atoms with Gasteiger partial charge in [-0.1, -0.05) is 0 Å². The molecule has 0 atom stereocenters. The zero-order chi connectivity index (χ0) is 13.7. The first-order valence-electron chi connectivity index (χ1n) is 6.12. The van der Waals surface area contributed by atoms with Gasteiger partial charge in [-0.15, -0.1) is 0 Å². The van der Waals surface area contributed by atoms with Crippen molar-refractivity contribution in [1.82, 2.24) is 20.1 Å². The molecule has 19 heavy (non-hydrogen) atoms. The summed E-state index contributed by atoms with van der Waals surface area (Å²) in [5.41, 5.74) is 1.20. The molecule has 0 aliphatic rings. The molecule has 0 fully saturated rings. The largest absolute Gasteiger partial charge is 0.349 e. The van der Waals surface area contributed by atoms with Gasteiger partial charge < -0.3 is 9.88 Å². The molecule has 2 heterocycles. The number of carbonyl (C=O) groups excluding carboxylic acids is 1. The lowest BCUT2D eigenvalue weighted by molar-refractivity contribution is -0.121. The minimum Gasteiger partial charge on any atom is -0.349 e. The highest BCUT2D eigenvalue weighted by Crippen LogP contribution is 2.08. The van der Waals surface area contributed by atoms with E-state index in [4.69, 9.17) is 12.2 Å². The van der Waals surface area contributed by atoms with Crippen molar-refractivity contribution in [1.29, 1.82) is 0 Å². The number of nitrogens with zero attached hydrogens (tertiary/aromatic N) is 2. The van der Waals surface area contributed by atoms with Crippen LogP contribution in [0, 0.1) is 4.77 Å². The predicted molar refractivity (Wildman–Crippen MR) is 77.6 cm³/mol. The number of thiophene rings is 1. The zero-order valence-corrected chi connectivity index (χ0v) is 12.3. The second-order valence-electron chi connectivity index (χ2n) is 4.10. The van der Waals surface area contributed by atoms with Crippen LogP contribution < -0.4 is 5.32 Å². The third kappa shape index (κ3) is 3.74. The number of hydrogen-bond acceptors (Lipinski definition) is 4. The van der Waals surface area contributed by atoms with Crippen molar-refractivity contribution < 1.29 is 4.79 Å². The summed E-state index contributed by atoms with van der Waals surface area (Å²) in [7, 11) is 0. The molecule has 2 N–H and O–H groups in total. The summed E-state index contributed by atoms with van der Waals surface area (Å²) in [6.45, 7) is 3.14. The van der Waals surface area contributed by atoms with Crippen LogP contribution in [0.5, 0.6) is 0 Å². The number of amides is 1. The number of aromatic nitrogens is 3. The molecule has 0 unspecified atom stereocenters. The molecule has 0 aromatic carbocycles. The highest BCUT2D eigenvalue weighted by molar-refractivity contribution is 7.71. The van der Waals surface area contributed by atoms with Gasteiger partial charge in [0.05, 0.1) is 6.54 Å². The van der Waals surface area contributed by atoms with Crippen LogP contribution in [-0.2, 0) is 24.3 Å². The Bertz CT molecular complexity index is 585. The van der Waals surface area contributed by atoms with E-state index < -0.39 is 0 Å². The maximum absolute atomic E-state index is 11.7. The molecule has 0 bridgehead atoms. The predicted octanol–water partition coefficient (Wildman–Crippen LogP) is 2.27. The fourth-order valence-corrected chi connectivity index (χ4v) is 2.75. The van der Waals surface area contributed by atoms with Gasteiger partial charge in [-0.3, -0.25) is 9.89 Å². The maximum atomic E-state index is 11.7. The van der Waals surface area contributed by atoms with E-state index in [1.54, 1.807) is 11.3 Å². The van der Waals surface area contributed by atoms with E-state index in [1.807, 2.05) is 22.9 Å². The average Bonchev–Trinajstić information content (AvgIpc) is 3.03. The highest BCUT2D eigenvalue weighted by Gasteiger charge is 2.07. The normalized spacial score (nSPS) is 10.6. The number of rotatable bonds is 6. The molecule has 102 valence electrons. The molecule has 0 spiro atoms. The topological polar surface area (TPSA) is 62.7 Å². The van der Waals surface area contributed by atoms with Crippen LogP contribution in [-0.4, -0.2) is 20.7 Å². The summed E-state index contributed by atoms with van der Waals surface area (Å²) in [5.74, 6) is 0.791. The van der Waals surface area contributed by atoms with Gasteiger partial charge in [0.15, 0.2) is 10.6 Å². The Morgan fingerprint density at radius 1 is 1.63 bits per heavy atom. The SMILES string of the molecule is CCn1c(CNC(=O)CCc2ccsc2)n[nH]c1=S. The molecule has 1 amide bonds. The molecule has 2 rings (SSSR count). The molecule has 0 saturated carbocycles. The Balaban J connectivity index is 1.81. The molecule has 7 heteroatoms. The summed E-state index contributed by atoms with van der Waals surface area (Å²) in [6, 6.07) is 2.04. The highest BCUT2D eigenvalue weighted by atomic mass is 32.1. The maximum Gasteiger partial charge on any atom is 0.220 e. The molecule has 0 aliphatic heterocycles. The van der Waals surface area contributed by atoms with Crippen molar-refractivity contribution in [3.05, 3.63) is 33.0 Å². The van der Waals surface area contributed by atoms with Crippen LogP contribution in [0.3, 0.4) is 0 Å². The second-order valence-corrected chi connectivity index (χ2v) is 5.26. The quantitative estimate of drug-likeness (QED) is 0.804. The van der Waals surface area contributed by atoms with Gasteiger partial charge in [0.25, 0.3) is 0 Å². The number of hydrogen-bond donors (Lipinski definition) is 2. The van der Waals surface area contributed by atoms with Gasteiger partial charge in [0, 0.05) is 13.0 Å². The number of nitrogens with one attached hydrogen (secondary N) is 2. The van der Waals surface area contributed by atoms with Crippen molar-refractivity contribution in [2.24, 2.45) is 0 Å². The number of H-pyrrole nitrogens is 1. The third-order valence-electron chi connectivity index (χ3n) is 2.82. The zero-order valence-electron chi connectivity index (χ0n) is 10.7. The molecular formula is C12H16N4OS2. The Morgan fingerprint density at radius 3 is 3.16 bits per heavy atom. The Morgan fingerprint density at radius 2 is 2.47 bits per heavy atom. The smallest absolute Gasteiger partial charge is 0.220 e. The molecule has 0 aliphatic carbocycles. The van der Waals surface area contributed by atoms with Crippen molar-refractivity contribution in [2.45, 2.75) is 32.9 Å². The van der Waals surface area contributed by atoms with Gasteiger partial charge >= 0.3 is 0 Å². The van der Waals surface area contributed by atoms with E-state index in [9.17, 15) is 4.79 Å².